The normalized spacial score (nSPS) is 10.3. The predicted molar refractivity (Wildman–Crippen MR) is 67.3 cm³/mol. The lowest BCUT2D eigenvalue weighted by Crippen LogP contribution is -2.23. The lowest BCUT2D eigenvalue weighted by Gasteiger charge is -2.07. The van der Waals surface area contributed by atoms with Gasteiger partial charge in [-0.1, -0.05) is 12.1 Å². The molecular weight excluding hydrogens is 230 g/mol. The van der Waals surface area contributed by atoms with E-state index in [1.54, 1.807) is 31.3 Å². The minimum atomic E-state index is -0.295. The second-order valence-electron chi connectivity index (χ2n) is 4.17. The Hall–Kier alpha value is -2.30. The molecule has 0 atom stereocenters. The number of carbonyl (C=O) groups is 1. The molecule has 0 radical (unpaired) electrons. The maximum Gasteiger partial charge on any atom is 0.255 e. The van der Waals surface area contributed by atoms with Crippen molar-refractivity contribution in [3.05, 3.63) is 46.8 Å². The average Bonchev–Trinajstić information content (AvgIpc) is 2.75. The van der Waals surface area contributed by atoms with Crippen LogP contribution in [0.1, 0.15) is 27.2 Å². The van der Waals surface area contributed by atoms with Gasteiger partial charge in [0.2, 0.25) is 0 Å². The van der Waals surface area contributed by atoms with E-state index in [9.17, 15) is 9.90 Å². The van der Waals surface area contributed by atoms with Crippen LogP contribution in [0, 0.1) is 13.8 Å². The molecule has 0 saturated carbocycles. The highest BCUT2D eigenvalue weighted by atomic mass is 16.3. The van der Waals surface area contributed by atoms with Crippen molar-refractivity contribution in [2.75, 3.05) is 0 Å². The van der Waals surface area contributed by atoms with Crippen LogP contribution in [0.2, 0.25) is 0 Å². The van der Waals surface area contributed by atoms with Gasteiger partial charge < -0.3 is 10.4 Å². The first kappa shape index (κ1) is 12.2. The van der Waals surface area contributed by atoms with Crippen molar-refractivity contribution >= 4 is 5.91 Å². The van der Waals surface area contributed by atoms with E-state index in [2.05, 4.69) is 15.5 Å². The Labute approximate surface area is 105 Å². The molecule has 0 aliphatic heterocycles. The molecule has 0 bridgehead atoms. The van der Waals surface area contributed by atoms with Crippen LogP contribution in [0.25, 0.3) is 0 Å². The molecule has 2 rings (SSSR count). The van der Waals surface area contributed by atoms with Crippen molar-refractivity contribution in [2.45, 2.75) is 20.4 Å². The number of amides is 1. The predicted octanol–water partition coefficient (Wildman–Crippen LogP) is 1.66. The Kier molecular flexibility index (Phi) is 3.32. The van der Waals surface area contributed by atoms with Gasteiger partial charge in [0.1, 0.15) is 5.75 Å². The minimum Gasteiger partial charge on any atom is -0.507 e. The molecule has 0 unspecified atom stereocenters. The number of hydrogen-bond acceptors (Lipinski definition) is 3. The number of phenolic OH excluding ortho intramolecular Hbond substituents is 1. The van der Waals surface area contributed by atoms with Crippen LogP contribution in [0.3, 0.4) is 0 Å². The molecule has 0 saturated heterocycles. The van der Waals surface area contributed by atoms with Crippen molar-refractivity contribution in [1.29, 1.82) is 0 Å². The second-order valence-corrected chi connectivity index (χ2v) is 4.17. The van der Waals surface area contributed by atoms with Crippen molar-refractivity contribution in [2.24, 2.45) is 0 Å². The summed E-state index contributed by atoms with van der Waals surface area (Å²) >= 11 is 0. The highest BCUT2D eigenvalue weighted by molar-refractivity contribution is 5.97. The number of benzene rings is 1. The summed E-state index contributed by atoms with van der Waals surface area (Å²) < 4.78 is 0. The third kappa shape index (κ3) is 2.34. The number of hydrogen-bond donors (Lipinski definition) is 3. The number of carbonyl (C=O) groups excluding carboxylic acids is 1. The van der Waals surface area contributed by atoms with E-state index in [1.807, 2.05) is 6.92 Å². The van der Waals surface area contributed by atoms with Gasteiger partial charge in [-0.2, -0.15) is 5.10 Å². The zero-order chi connectivity index (χ0) is 13.1. The van der Waals surface area contributed by atoms with Crippen LogP contribution in [0.4, 0.5) is 0 Å². The number of aryl methyl sites for hydroxylation is 2. The standard InChI is InChI=1S/C13H15N3O2/c1-8-4-3-5-11(12(8)17)13(18)14-6-10-7-15-16-9(10)2/h3-5,7,17H,6H2,1-2H3,(H,14,18)(H,15,16). The molecule has 0 fully saturated rings. The van der Waals surface area contributed by atoms with E-state index >= 15 is 0 Å². The molecule has 5 nitrogen and oxygen atoms in total. The molecule has 2 aromatic rings. The van der Waals surface area contributed by atoms with Gasteiger partial charge in [-0.3, -0.25) is 9.89 Å². The summed E-state index contributed by atoms with van der Waals surface area (Å²) in [5.41, 5.74) is 2.82. The first-order valence-electron chi connectivity index (χ1n) is 5.65. The van der Waals surface area contributed by atoms with Gasteiger partial charge in [0.05, 0.1) is 11.8 Å². The third-order valence-corrected chi connectivity index (χ3v) is 2.86. The summed E-state index contributed by atoms with van der Waals surface area (Å²) in [4.78, 5) is 11.9. The van der Waals surface area contributed by atoms with Crippen LogP contribution in [-0.4, -0.2) is 21.2 Å². The van der Waals surface area contributed by atoms with Gasteiger partial charge in [0.15, 0.2) is 0 Å². The highest BCUT2D eigenvalue weighted by Gasteiger charge is 2.12. The Morgan fingerprint density at radius 3 is 2.89 bits per heavy atom. The Balaban J connectivity index is 2.09. The van der Waals surface area contributed by atoms with E-state index in [-0.39, 0.29) is 17.2 Å². The second kappa shape index (κ2) is 4.91. The molecule has 0 aliphatic rings. The van der Waals surface area contributed by atoms with Crippen LogP contribution in [0.5, 0.6) is 5.75 Å². The van der Waals surface area contributed by atoms with Crippen molar-refractivity contribution in [1.82, 2.24) is 15.5 Å². The smallest absolute Gasteiger partial charge is 0.255 e. The van der Waals surface area contributed by atoms with E-state index in [0.717, 1.165) is 11.3 Å². The van der Waals surface area contributed by atoms with Gasteiger partial charge in [-0.15, -0.1) is 0 Å². The number of aromatic hydroxyl groups is 1. The molecular formula is C13H15N3O2. The fraction of sp³-hybridized carbons (Fsp3) is 0.231. The molecule has 5 heteroatoms. The zero-order valence-corrected chi connectivity index (χ0v) is 10.3. The van der Waals surface area contributed by atoms with E-state index in [1.165, 1.54) is 0 Å². The first-order valence-corrected chi connectivity index (χ1v) is 5.65. The largest absolute Gasteiger partial charge is 0.507 e. The number of aromatic nitrogens is 2. The summed E-state index contributed by atoms with van der Waals surface area (Å²) in [6.07, 6.45) is 1.67. The Bertz CT molecular complexity index is 575. The highest BCUT2D eigenvalue weighted by Crippen LogP contribution is 2.21. The first-order chi connectivity index (χ1) is 8.59. The lowest BCUT2D eigenvalue weighted by molar-refractivity contribution is 0.0948. The topological polar surface area (TPSA) is 78.0 Å². The van der Waals surface area contributed by atoms with Crippen molar-refractivity contribution < 1.29 is 9.90 Å². The number of nitrogens with zero attached hydrogens (tertiary/aromatic N) is 1. The number of phenols is 1. The van der Waals surface area contributed by atoms with Crippen LogP contribution in [-0.2, 0) is 6.54 Å². The molecule has 1 heterocycles. The van der Waals surface area contributed by atoms with Crippen molar-refractivity contribution in [3.63, 3.8) is 0 Å². The van der Waals surface area contributed by atoms with Gasteiger partial charge in [-0.05, 0) is 25.5 Å². The minimum absolute atomic E-state index is 0.0268. The van der Waals surface area contributed by atoms with E-state index in [4.69, 9.17) is 0 Å². The Morgan fingerprint density at radius 1 is 1.44 bits per heavy atom. The number of para-hydroxylation sites is 1. The summed E-state index contributed by atoms with van der Waals surface area (Å²) in [6.45, 7) is 4.03. The number of rotatable bonds is 3. The fourth-order valence-corrected chi connectivity index (χ4v) is 1.67. The molecule has 94 valence electrons. The van der Waals surface area contributed by atoms with Gasteiger partial charge in [0.25, 0.3) is 5.91 Å². The lowest BCUT2D eigenvalue weighted by atomic mass is 10.1. The molecule has 3 N–H and O–H groups in total. The average molecular weight is 245 g/mol. The van der Waals surface area contributed by atoms with Gasteiger partial charge in [0, 0.05) is 17.8 Å². The fourth-order valence-electron chi connectivity index (χ4n) is 1.67. The Morgan fingerprint density at radius 2 is 2.22 bits per heavy atom. The summed E-state index contributed by atoms with van der Waals surface area (Å²) in [7, 11) is 0. The van der Waals surface area contributed by atoms with Crippen LogP contribution < -0.4 is 5.32 Å². The van der Waals surface area contributed by atoms with E-state index in [0.29, 0.717) is 12.1 Å². The number of nitrogens with one attached hydrogen (secondary N) is 2. The van der Waals surface area contributed by atoms with Crippen LogP contribution in [0.15, 0.2) is 24.4 Å². The summed E-state index contributed by atoms with van der Waals surface area (Å²) in [6, 6.07) is 5.10. The quantitative estimate of drug-likeness (QED) is 0.769. The number of aromatic amines is 1. The molecule has 1 amide bonds. The maximum atomic E-state index is 11.9. The van der Waals surface area contributed by atoms with Gasteiger partial charge in [-0.25, -0.2) is 0 Å². The molecule has 0 spiro atoms. The molecule has 1 aromatic heterocycles. The number of H-pyrrole nitrogens is 1. The molecule has 18 heavy (non-hydrogen) atoms. The monoisotopic (exact) mass is 245 g/mol. The summed E-state index contributed by atoms with van der Waals surface area (Å²) in [5, 5.41) is 19.2. The van der Waals surface area contributed by atoms with Crippen LogP contribution >= 0.6 is 0 Å². The molecule has 0 aliphatic carbocycles. The zero-order valence-electron chi connectivity index (χ0n) is 10.3. The summed E-state index contributed by atoms with van der Waals surface area (Å²) in [5.74, 6) is -0.268. The van der Waals surface area contributed by atoms with E-state index < -0.39 is 0 Å². The van der Waals surface area contributed by atoms with Crippen molar-refractivity contribution in [3.8, 4) is 5.75 Å². The maximum absolute atomic E-state index is 11.9. The third-order valence-electron chi connectivity index (χ3n) is 2.86. The SMILES string of the molecule is Cc1cccc(C(=O)NCc2cn[nH]c2C)c1O. The molecule has 1 aromatic carbocycles. The van der Waals surface area contributed by atoms with Gasteiger partial charge >= 0.3 is 0 Å².